The van der Waals surface area contributed by atoms with Gasteiger partial charge in [0.05, 0.1) is 5.92 Å². The van der Waals surface area contributed by atoms with E-state index in [9.17, 15) is 4.79 Å². The molecule has 0 heterocycles. The highest BCUT2D eigenvalue weighted by atomic mass is 16.6. The van der Waals surface area contributed by atoms with E-state index in [1.165, 1.54) is 0 Å². The topological polar surface area (TPSA) is 52.3 Å². The number of ether oxygens (including phenoxy) is 1. The molecular weight excluding hydrogens is 178 g/mol. The number of esters is 1. The number of hydrogen-bond acceptors (Lipinski definition) is 3. The first-order valence-corrected chi connectivity index (χ1v) is 5.34. The van der Waals surface area contributed by atoms with E-state index in [4.69, 9.17) is 10.5 Å². The van der Waals surface area contributed by atoms with E-state index < -0.39 is 0 Å². The summed E-state index contributed by atoms with van der Waals surface area (Å²) in [5.41, 5.74) is 5.68. The third-order valence-corrected chi connectivity index (χ3v) is 3.47. The van der Waals surface area contributed by atoms with Crippen molar-refractivity contribution >= 4 is 5.97 Å². The lowest BCUT2D eigenvalue weighted by Gasteiger charge is -2.35. The van der Waals surface area contributed by atoms with Crippen LogP contribution in [0.3, 0.4) is 0 Å². The van der Waals surface area contributed by atoms with Gasteiger partial charge in [-0.3, -0.25) is 4.79 Å². The maximum absolute atomic E-state index is 11.7. The lowest BCUT2D eigenvalue weighted by molar-refractivity contribution is -0.158. The molecule has 2 saturated carbocycles. The number of carbonyl (C=O) groups excluding carboxylic acids is 1. The van der Waals surface area contributed by atoms with Gasteiger partial charge >= 0.3 is 5.97 Å². The van der Waals surface area contributed by atoms with Crippen LogP contribution in [0, 0.1) is 11.3 Å². The van der Waals surface area contributed by atoms with Crippen molar-refractivity contribution in [3.63, 3.8) is 0 Å². The maximum Gasteiger partial charge on any atom is 0.310 e. The van der Waals surface area contributed by atoms with E-state index in [1.54, 1.807) is 0 Å². The second-order valence-corrected chi connectivity index (χ2v) is 5.67. The zero-order valence-electron chi connectivity index (χ0n) is 9.17. The molecule has 0 bridgehead atoms. The Bertz CT molecular complexity index is 269. The Morgan fingerprint density at radius 3 is 2.43 bits per heavy atom. The molecule has 80 valence electrons. The average Bonchev–Trinajstić information content (AvgIpc) is 2.75. The highest BCUT2D eigenvalue weighted by Gasteiger charge is 2.66. The lowest BCUT2D eigenvalue weighted by Crippen LogP contribution is -2.44. The molecular formula is C11H19NO2. The maximum atomic E-state index is 11.7. The van der Waals surface area contributed by atoms with Gasteiger partial charge in [0.2, 0.25) is 0 Å². The summed E-state index contributed by atoms with van der Waals surface area (Å²) in [7, 11) is 0. The molecule has 2 aliphatic carbocycles. The molecule has 2 fully saturated rings. The SMILES string of the molecule is CC(C)(C)OC(=O)C1CC12CCC2N. The minimum absolute atomic E-state index is 0.0485. The summed E-state index contributed by atoms with van der Waals surface area (Å²) < 4.78 is 5.35. The highest BCUT2D eigenvalue weighted by Crippen LogP contribution is 2.65. The van der Waals surface area contributed by atoms with E-state index in [1.807, 2.05) is 20.8 Å². The van der Waals surface area contributed by atoms with Crippen molar-refractivity contribution in [1.29, 1.82) is 0 Å². The molecule has 14 heavy (non-hydrogen) atoms. The first kappa shape index (κ1) is 9.97. The quantitative estimate of drug-likeness (QED) is 0.647. The Hall–Kier alpha value is -0.570. The van der Waals surface area contributed by atoms with Crippen molar-refractivity contribution in [2.45, 2.75) is 51.7 Å². The Morgan fingerprint density at radius 1 is 1.50 bits per heavy atom. The van der Waals surface area contributed by atoms with Gasteiger partial charge in [-0.25, -0.2) is 0 Å². The molecule has 3 nitrogen and oxygen atoms in total. The van der Waals surface area contributed by atoms with Crippen LogP contribution in [0.1, 0.15) is 40.0 Å². The average molecular weight is 197 g/mol. The Morgan fingerprint density at radius 2 is 2.14 bits per heavy atom. The summed E-state index contributed by atoms with van der Waals surface area (Å²) in [6.45, 7) is 5.71. The minimum Gasteiger partial charge on any atom is -0.460 e. The molecule has 0 aromatic carbocycles. The van der Waals surface area contributed by atoms with Crippen LogP contribution in [0.15, 0.2) is 0 Å². The Labute approximate surface area is 85.0 Å². The van der Waals surface area contributed by atoms with Gasteiger partial charge in [-0.2, -0.15) is 0 Å². The summed E-state index contributed by atoms with van der Waals surface area (Å²) in [6.07, 6.45) is 3.13. The molecule has 2 rings (SSSR count). The summed E-state index contributed by atoms with van der Waals surface area (Å²) >= 11 is 0. The third-order valence-electron chi connectivity index (χ3n) is 3.47. The van der Waals surface area contributed by atoms with E-state index >= 15 is 0 Å². The van der Waals surface area contributed by atoms with Gasteiger partial charge < -0.3 is 10.5 Å². The summed E-state index contributed by atoms with van der Waals surface area (Å²) in [6, 6.07) is 0.236. The van der Waals surface area contributed by atoms with Gasteiger partial charge in [0.15, 0.2) is 0 Å². The van der Waals surface area contributed by atoms with Crippen molar-refractivity contribution in [2.75, 3.05) is 0 Å². The van der Waals surface area contributed by atoms with Crippen LogP contribution in [-0.4, -0.2) is 17.6 Å². The van der Waals surface area contributed by atoms with Crippen LogP contribution >= 0.6 is 0 Å². The molecule has 0 radical (unpaired) electrons. The molecule has 0 aromatic rings. The third kappa shape index (κ3) is 1.44. The molecule has 0 aliphatic heterocycles. The largest absolute Gasteiger partial charge is 0.460 e. The van der Waals surface area contributed by atoms with Crippen LogP contribution in [0.5, 0.6) is 0 Å². The fourth-order valence-electron chi connectivity index (χ4n) is 2.38. The molecule has 1 spiro atoms. The minimum atomic E-state index is -0.366. The first-order chi connectivity index (χ1) is 6.35. The number of rotatable bonds is 1. The van der Waals surface area contributed by atoms with Gasteiger partial charge in [-0.1, -0.05) is 0 Å². The number of carbonyl (C=O) groups is 1. The van der Waals surface area contributed by atoms with Crippen molar-refractivity contribution in [3.8, 4) is 0 Å². The first-order valence-electron chi connectivity index (χ1n) is 5.34. The predicted octanol–water partition coefficient (Wildman–Crippen LogP) is 1.46. The summed E-state index contributed by atoms with van der Waals surface area (Å²) in [5.74, 6) is 0.0399. The van der Waals surface area contributed by atoms with Crippen LogP contribution < -0.4 is 5.73 Å². The van der Waals surface area contributed by atoms with Crippen LogP contribution in [0.2, 0.25) is 0 Å². The van der Waals surface area contributed by atoms with Gasteiger partial charge in [0.25, 0.3) is 0 Å². The molecule has 0 saturated heterocycles. The van der Waals surface area contributed by atoms with Crippen molar-refractivity contribution in [2.24, 2.45) is 17.1 Å². The number of hydrogen-bond donors (Lipinski definition) is 1. The number of nitrogens with two attached hydrogens (primary N) is 1. The van der Waals surface area contributed by atoms with Gasteiger partial charge in [-0.15, -0.1) is 0 Å². The zero-order valence-corrected chi connectivity index (χ0v) is 9.17. The van der Waals surface area contributed by atoms with Crippen molar-refractivity contribution < 1.29 is 9.53 Å². The van der Waals surface area contributed by atoms with Crippen molar-refractivity contribution in [1.82, 2.24) is 0 Å². The van der Waals surface area contributed by atoms with Crippen LogP contribution in [-0.2, 0) is 9.53 Å². The van der Waals surface area contributed by atoms with Crippen molar-refractivity contribution in [3.05, 3.63) is 0 Å². The molecule has 3 heteroatoms. The van der Waals surface area contributed by atoms with E-state index in [0.29, 0.717) is 0 Å². The summed E-state index contributed by atoms with van der Waals surface area (Å²) in [5, 5.41) is 0. The zero-order chi connectivity index (χ0) is 10.6. The normalized spacial score (nSPS) is 40.6. The van der Waals surface area contributed by atoms with Crippen LogP contribution in [0.4, 0.5) is 0 Å². The smallest absolute Gasteiger partial charge is 0.310 e. The highest BCUT2D eigenvalue weighted by molar-refractivity contribution is 5.78. The van der Waals surface area contributed by atoms with Gasteiger partial charge in [-0.05, 0) is 45.4 Å². The standard InChI is InChI=1S/C11H19NO2/c1-10(2,3)14-9(13)7-6-11(7)5-4-8(11)12/h7-8H,4-6,12H2,1-3H3. The second kappa shape index (κ2) is 2.72. The van der Waals surface area contributed by atoms with E-state index in [0.717, 1.165) is 19.3 Å². The molecule has 2 N–H and O–H groups in total. The molecule has 3 unspecified atom stereocenters. The molecule has 0 amide bonds. The van der Waals surface area contributed by atoms with Gasteiger partial charge in [0, 0.05) is 6.04 Å². The monoisotopic (exact) mass is 197 g/mol. The molecule has 2 aliphatic rings. The van der Waals surface area contributed by atoms with E-state index in [-0.39, 0.29) is 28.9 Å². The van der Waals surface area contributed by atoms with Crippen LogP contribution in [0.25, 0.3) is 0 Å². The predicted molar refractivity (Wildman–Crippen MR) is 53.6 cm³/mol. The Kier molecular flexibility index (Phi) is 1.94. The second-order valence-electron chi connectivity index (χ2n) is 5.67. The van der Waals surface area contributed by atoms with Gasteiger partial charge in [0.1, 0.15) is 5.60 Å². The molecule has 3 atom stereocenters. The van der Waals surface area contributed by atoms with E-state index in [2.05, 4.69) is 0 Å². The Balaban J connectivity index is 1.91. The lowest BCUT2D eigenvalue weighted by atomic mass is 9.75. The molecule has 0 aromatic heterocycles. The fraction of sp³-hybridized carbons (Fsp3) is 0.909. The summed E-state index contributed by atoms with van der Waals surface area (Å²) in [4.78, 5) is 11.7. The fourth-order valence-corrected chi connectivity index (χ4v) is 2.38.